The number of carbonyl (C=O) groups excluding carboxylic acids is 1. The van der Waals surface area contributed by atoms with Gasteiger partial charge in [0.05, 0.1) is 42.2 Å². The lowest BCUT2D eigenvalue weighted by Crippen LogP contribution is -2.41. The second-order valence-electron chi connectivity index (χ2n) is 8.44. The van der Waals surface area contributed by atoms with Crippen LogP contribution in [-0.4, -0.2) is 43.4 Å². The molecule has 156 valence electrons. The SMILES string of the molecule is COc1cc(-n2ccc3c(B4OC(C)(C)C(C)(C)O4)cccc32)cc(OC)c1C=O. The summed E-state index contributed by atoms with van der Waals surface area (Å²) >= 11 is 0. The minimum absolute atomic E-state index is 0.387. The lowest BCUT2D eigenvalue weighted by atomic mass is 9.77. The average Bonchev–Trinajstić information content (AvgIpc) is 3.24. The first-order valence-electron chi connectivity index (χ1n) is 9.89. The predicted molar refractivity (Wildman–Crippen MR) is 117 cm³/mol. The van der Waals surface area contributed by atoms with Crippen LogP contribution < -0.4 is 14.9 Å². The molecule has 1 fully saturated rings. The molecule has 4 rings (SSSR count). The zero-order valence-corrected chi connectivity index (χ0v) is 18.2. The molecule has 1 aromatic heterocycles. The predicted octanol–water partition coefficient (Wildman–Crippen LogP) is 3.76. The summed E-state index contributed by atoms with van der Waals surface area (Å²) in [6.07, 6.45) is 2.72. The highest BCUT2D eigenvalue weighted by atomic mass is 16.7. The van der Waals surface area contributed by atoms with E-state index in [0.717, 1.165) is 28.3 Å². The molecule has 0 unspecified atom stereocenters. The minimum atomic E-state index is -0.448. The van der Waals surface area contributed by atoms with Crippen LogP contribution in [0.2, 0.25) is 0 Å². The Morgan fingerprint density at radius 3 is 2.10 bits per heavy atom. The van der Waals surface area contributed by atoms with Crippen LogP contribution in [0.1, 0.15) is 38.1 Å². The summed E-state index contributed by atoms with van der Waals surface area (Å²) < 4.78 is 25.4. The maximum Gasteiger partial charge on any atom is 0.495 e. The van der Waals surface area contributed by atoms with E-state index >= 15 is 0 Å². The van der Waals surface area contributed by atoms with E-state index < -0.39 is 18.3 Å². The molecule has 0 atom stereocenters. The number of nitrogens with zero attached hydrogens (tertiary/aromatic N) is 1. The summed E-state index contributed by atoms with van der Waals surface area (Å²) in [5, 5.41) is 1.04. The molecule has 0 amide bonds. The summed E-state index contributed by atoms with van der Waals surface area (Å²) in [7, 11) is 2.63. The Morgan fingerprint density at radius 1 is 0.967 bits per heavy atom. The molecule has 0 N–H and O–H groups in total. The molecule has 6 nitrogen and oxygen atoms in total. The number of rotatable bonds is 5. The quantitative estimate of drug-likeness (QED) is 0.476. The molecule has 0 saturated carbocycles. The fraction of sp³-hybridized carbons (Fsp3) is 0.348. The van der Waals surface area contributed by atoms with E-state index in [4.69, 9.17) is 18.8 Å². The molecule has 0 aliphatic carbocycles. The molecular formula is C23H26BNO5. The largest absolute Gasteiger partial charge is 0.496 e. The van der Waals surface area contributed by atoms with Gasteiger partial charge in [0.2, 0.25) is 0 Å². The van der Waals surface area contributed by atoms with Gasteiger partial charge in [-0.05, 0) is 50.7 Å². The van der Waals surface area contributed by atoms with Crippen LogP contribution in [0, 0.1) is 0 Å². The first-order valence-corrected chi connectivity index (χ1v) is 9.89. The highest BCUT2D eigenvalue weighted by Gasteiger charge is 2.52. The van der Waals surface area contributed by atoms with E-state index in [-0.39, 0.29) is 0 Å². The van der Waals surface area contributed by atoms with Crippen molar-refractivity contribution in [1.82, 2.24) is 4.57 Å². The number of aromatic nitrogens is 1. The third-order valence-electron chi connectivity index (χ3n) is 6.20. The number of benzene rings is 2. The molecule has 1 saturated heterocycles. The summed E-state index contributed by atoms with van der Waals surface area (Å²) in [5.41, 5.74) is 2.37. The van der Waals surface area contributed by atoms with Crippen LogP contribution in [0.15, 0.2) is 42.6 Å². The first kappa shape index (κ1) is 20.5. The smallest absolute Gasteiger partial charge is 0.495 e. The maximum absolute atomic E-state index is 11.5. The number of hydrogen-bond acceptors (Lipinski definition) is 5. The number of hydrogen-bond donors (Lipinski definition) is 0. The molecule has 0 radical (unpaired) electrons. The van der Waals surface area contributed by atoms with Crippen LogP contribution in [0.4, 0.5) is 0 Å². The summed E-state index contributed by atoms with van der Waals surface area (Å²) in [6, 6.07) is 11.8. The van der Waals surface area contributed by atoms with Crippen molar-refractivity contribution in [2.75, 3.05) is 14.2 Å². The molecule has 2 aromatic carbocycles. The van der Waals surface area contributed by atoms with Gasteiger partial charge in [-0.25, -0.2) is 0 Å². The van der Waals surface area contributed by atoms with Crippen molar-refractivity contribution >= 4 is 29.8 Å². The van der Waals surface area contributed by atoms with Crippen LogP contribution >= 0.6 is 0 Å². The highest BCUT2D eigenvalue weighted by Crippen LogP contribution is 2.37. The van der Waals surface area contributed by atoms with Crippen molar-refractivity contribution in [3.05, 3.63) is 48.2 Å². The minimum Gasteiger partial charge on any atom is -0.496 e. The molecule has 1 aliphatic rings. The van der Waals surface area contributed by atoms with E-state index in [9.17, 15) is 4.79 Å². The molecule has 30 heavy (non-hydrogen) atoms. The third kappa shape index (κ3) is 3.09. The number of methoxy groups -OCH3 is 2. The van der Waals surface area contributed by atoms with Gasteiger partial charge in [0, 0.05) is 18.3 Å². The van der Waals surface area contributed by atoms with Gasteiger partial charge in [-0.2, -0.15) is 0 Å². The van der Waals surface area contributed by atoms with E-state index in [1.165, 1.54) is 14.2 Å². The lowest BCUT2D eigenvalue weighted by Gasteiger charge is -2.32. The summed E-state index contributed by atoms with van der Waals surface area (Å²) in [5.74, 6) is 0.923. The van der Waals surface area contributed by atoms with Gasteiger partial charge in [0.1, 0.15) is 11.5 Å². The van der Waals surface area contributed by atoms with E-state index in [1.54, 1.807) is 0 Å². The van der Waals surface area contributed by atoms with Crippen LogP contribution in [0.25, 0.3) is 16.6 Å². The molecule has 7 heteroatoms. The van der Waals surface area contributed by atoms with Crippen LogP contribution in [-0.2, 0) is 9.31 Å². The Bertz CT molecular complexity index is 1080. The maximum atomic E-state index is 11.5. The second-order valence-corrected chi connectivity index (χ2v) is 8.44. The Balaban J connectivity index is 1.83. The Kier molecular flexibility index (Phi) is 4.91. The second kappa shape index (κ2) is 7.18. The Hall–Kier alpha value is -2.77. The highest BCUT2D eigenvalue weighted by molar-refractivity contribution is 6.65. The molecule has 2 heterocycles. The Labute approximate surface area is 176 Å². The number of fused-ring (bicyclic) bond motifs is 1. The first-order chi connectivity index (χ1) is 14.2. The zero-order valence-electron chi connectivity index (χ0n) is 18.2. The van der Waals surface area contributed by atoms with E-state index in [2.05, 4.69) is 0 Å². The van der Waals surface area contributed by atoms with Crippen LogP contribution in [0.5, 0.6) is 11.5 Å². The van der Waals surface area contributed by atoms with E-state index in [1.807, 2.05) is 74.9 Å². The number of aldehydes is 1. The molecule has 1 aliphatic heterocycles. The van der Waals surface area contributed by atoms with Gasteiger partial charge in [-0.3, -0.25) is 4.79 Å². The van der Waals surface area contributed by atoms with Gasteiger partial charge in [0.25, 0.3) is 0 Å². The van der Waals surface area contributed by atoms with Gasteiger partial charge in [-0.1, -0.05) is 12.1 Å². The van der Waals surface area contributed by atoms with Crippen LogP contribution in [0.3, 0.4) is 0 Å². The van der Waals surface area contributed by atoms with Gasteiger partial charge in [0.15, 0.2) is 6.29 Å². The van der Waals surface area contributed by atoms with Crippen molar-refractivity contribution in [2.24, 2.45) is 0 Å². The van der Waals surface area contributed by atoms with Crippen molar-refractivity contribution in [1.29, 1.82) is 0 Å². The third-order valence-corrected chi connectivity index (χ3v) is 6.20. The van der Waals surface area contributed by atoms with Crippen molar-refractivity contribution in [2.45, 2.75) is 38.9 Å². The average molecular weight is 407 g/mol. The number of carbonyl (C=O) groups is 1. The standard InChI is InChI=1S/C23H26BNO5/c1-22(2)23(3,4)30-24(29-22)18-8-7-9-19-16(18)10-11-25(19)15-12-20(27-5)17(14-26)21(13-15)28-6/h7-14H,1-6H3. The van der Waals surface area contributed by atoms with Gasteiger partial charge >= 0.3 is 7.12 Å². The van der Waals surface area contributed by atoms with Gasteiger partial charge in [-0.15, -0.1) is 0 Å². The van der Waals surface area contributed by atoms with Crippen molar-refractivity contribution in [3.63, 3.8) is 0 Å². The normalized spacial score (nSPS) is 17.3. The zero-order chi connectivity index (χ0) is 21.7. The molecular weight excluding hydrogens is 381 g/mol. The lowest BCUT2D eigenvalue weighted by molar-refractivity contribution is 0.00578. The fourth-order valence-corrected chi connectivity index (χ4v) is 3.77. The number of ether oxygens (including phenoxy) is 2. The molecule has 3 aromatic rings. The molecule has 0 bridgehead atoms. The van der Waals surface area contributed by atoms with Crippen molar-refractivity contribution in [3.8, 4) is 17.2 Å². The van der Waals surface area contributed by atoms with Gasteiger partial charge < -0.3 is 23.3 Å². The molecule has 0 spiro atoms. The summed E-state index contributed by atoms with van der Waals surface area (Å²) in [4.78, 5) is 11.5. The van der Waals surface area contributed by atoms with Crippen molar-refractivity contribution < 1.29 is 23.6 Å². The monoisotopic (exact) mass is 407 g/mol. The topological polar surface area (TPSA) is 58.9 Å². The van der Waals surface area contributed by atoms with E-state index in [0.29, 0.717) is 17.1 Å². The summed E-state index contributed by atoms with van der Waals surface area (Å²) in [6.45, 7) is 8.19. The Morgan fingerprint density at radius 2 is 1.57 bits per heavy atom. The fourth-order valence-electron chi connectivity index (χ4n) is 3.77.